The van der Waals surface area contributed by atoms with Crippen LogP contribution in [0.2, 0.25) is 0 Å². The molecule has 3 rings (SSSR count). The van der Waals surface area contributed by atoms with Crippen LogP contribution in [-0.2, 0) is 5.75 Å². The molecule has 0 aromatic heterocycles. The number of rotatable bonds is 1. The first-order valence-corrected chi connectivity index (χ1v) is 7.64. The van der Waals surface area contributed by atoms with Gasteiger partial charge in [-0.25, -0.2) is 0 Å². The second-order valence-electron chi connectivity index (χ2n) is 5.65. The molecule has 1 aliphatic heterocycles. The molecule has 1 aliphatic rings. The number of benzene rings is 2. The average Bonchev–Trinajstić information content (AvgIpc) is 2.44. The molecule has 0 aliphatic carbocycles. The molecule has 1 unspecified atom stereocenters. The molecule has 1 atom stereocenters. The maximum atomic E-state index is 6.45. The quantitative estimate of drug-likeness (QED) is 0.831. The molecule has 1 nitrogen and oxygen atoms in total. The zero-order valence-electron chi connectivity index (χ0n) is 11.4. The average molecular weight is 269 g/mol. The van der Waals surface area contributed by atoms with Crippen molar-refractivity contribution >= 4 is 11.8 Å². The Morgan fingerprint density at radius 2 is 1.79 bits per heavy atom. The first kappa shape index (κ1) is 12.8. The minimum Gasteiger partial charge on any atom is -0.323 e. The lowest BCUT2D eigenvalue weighted by atomic mass is 9.89. The van der Waals surface area contributed by atoms with Crippen LogP contribution in [0.3, 0.4) is 0 Å². The Morgan fingerprint density at radius 3 is 2.53 bits per heavy atom. The minimum atomic E-state index is 0.102. The van der Waals surface area contributed by atoms with Crippen molar-refractivity contribution < 1.29 is 0 Å². The van der Waals surface area contributed by atoms with Gasteiger partial charge in [0.2, 0.25) is 0 Å². The second kappa shape index (κ2) is 4.69. The van der Waals surface area contributed by atoms with Crippen LogP contribution in [0.15, 0.2) is 48.5 Å². The van der Waals surface area contributed by atoms with Gasteiger partial charge in [0.1, 0.15) is 0 Å². The maximum absolute atomic E-state index is 6.45. The molecular weight excluding hydrogens is 250 g/mol. The molecule has 1 heterocycles. The molecule has 0 spiro atoms. The zero-order chi connectivity index (χ0) is 13.5. The van der Waals surface area contributed by atoms with Gasteiger partial charge in [-0.1, -0.05) is 42.5 Å². The van der Waals surface area contributed by atoms with Crippen LogP contribution < -0.4 is 5.73 Å². The maximum Gasteiger partial charge on any atom is 0.0442 e. The van der Waals surface area contributed by atoms with Gasteiger partial charge in [-0.15, -0.1) is 11.8 Å². The van der Waals surface area contributed by atoms with E-state index >= 15 is 0 Å². The molecular formula is C17H19NS. The van der Waals surface area contributed by atoms with Gasteiger partial charge in [0.25, 0.3) is 0 Å². The van der Waals surface area contributed by atoms with E-state index < -0.39 is 0 Å². The Morgan fingerprint density at radius 1 is 1.05 bits per heavy atom. The molecule has 2 aromatic carbocycles. The fourth-order valence-electron chi connectivity index (χ4n) is 2.55. The number of hydrogen-bond acceptors (Lipinski definition) is 2. The van der Waals surface area contributed by atoms with E-state index in [1.165, 1.54) is 22.3 Å². The standard InChI is InChI=1S/C17H19NS/c1-17(2)16(18)15-10-13(8-9-14(15)11-19-17)12-6-4-3-5-7-12/h3-10,16H,11,18H2,1-2H3. The van der Waals surface area contributed by atoms with Crippen molar-refractivity contribution in [1.82, 2.24) is 0 Å². The smallest absolute Gasteiger partial charge is 0.0442 e. The van der Waals surface area contributed by atoms with Gasteiger partial charge in [0.15, 0.2) is 0 Å². The summed E-state index contributed by atoms with van der Waals surface area (Å²) in [4.78, 5) is 0. The summed E-state index contributed by atoms with van der Waals surface area (Å²) in [5, 5.41) is 0. The highest BCUT2D eigenvalue weighted by Crippen LogP contribution is 2.45. The van der Waals surface area contributed by atoms with E-state index in [0.29, 0.717) is 0 Å². The summed E-state index contributed by atoms with van der Waals surface area (Å²) >= 11 is 1.95. The molecule has 19 heavy (non-hydrogen) atoms. The fourth-order valence-corrected chi connectivity index (χ4v) is 3.65. The van der Waals surface area contributed by atoms with Crippen LogP contribution in [0.1, 0.15) is 31.0 Å². The topological polar surface area (TPSA) is 26.0 Å². The lowest BCUT2D eigenvalue weighted by molar-refractivity contribution is 0.552. The number of thioether (sulfide) groups is 1. The van der Waals surface area contributed by atoms with E-state index in [1.807, 2.05) is 17.8 Å². The Kier molecular flexibility index (Phi) is 3.15. The predicted octanol–water partition coefficient (Wildman–Crippen LogP) is 4.38. The largest absolute Gasteiger partial charge is 0.323 e. The third kappa shape index (κ3) is 2.31. The highest BCUT2D eigenvalue weighted by molar-refractivity contribution is 7.99. The summed E-state index contributed by atoms with van der Waals surface area (Å²) in [6.07, 6.45) is 0. The van der Waals surface area contributed by atoms with Crippen LogP contribution in [0, 0.1) is 0 Å². The third-order valence-electron chi connectivity index (χ3n) is 3.94. The zero-order valence-corrected chi connectivity index (χ0v) is 12.2. The molecule has 2 N–H and O–H groups in total. The summed E-state index contributed by atoms with van der Waals surface area (Å²) in [6, 6.07) is 17.3. The van der Waals surface area contributed by atoms with E-state index in [1.54, 1.807) is 0 Å². The van der Waals surface area contributed by atoms with E-state index in [-0.39, 0.29) is 10.8 Å². The summed E-state index contributed by atoms with van der Waals surface area (Å²) in [6.45, 7) is 4.47. The molecule has 0 bridgehead atoms. The van der Waals surface area contributed by atoms with Gasteiger partial charge in [-0.3, -0.25) is 0 Å². The summed E-state index contributed by atoms with van der Waals surface area (Å²) in [5.41, 5.74) is 11.7. The molecule has 98 valence electrons. The Balaban J connectivity index is 2.07. The molecule has 2 heteroatoms. The van der Waals surface area contributed by atoms with E-state index in [9.17, 15) is 0 Å². The van der Waals surface area contributed by atoms with Crippen molar-refractivity contribution in [2.24, 2.45) is 5.73 Å². The lowest BCUT2D eigenvalue weighted by Crippen LogP contribution is -2.36. The van der Waals surface area contributed by atoms with Crippen molar-refractivity contribution in [3.63, 3.8) is 0 Å². The van der Waals surface area contributed by atoms with Gasteiger partial charge in [-0.2, -0.15) is 0 Å². The van der Waals surface area contributed by atoms with Gasteiger partial charge in [-0.05, 0) is 42.2 Å². The Bertz CT molecular complexity index is 589. The van der Waals surface area contributed by atoms with Crippen molar-refractivity contribution in [2.45, 2.75) is 30.4 Å². The van der Waals surface area contributed by atoms with E-state index in [0.717, 1.165) is 5.75 Å². The molecule has 0 amide bonds. The van der Waals surface area contributed by atoms with Gasteiger partial charge < -0.3 is 5.73 Å². The van der Waals surface area contributed by atoms with Crippen molar-refractivity contribution in [3.8, 4) is 11.1 Å². The van der Waals surface area contributed by atoms with E-state index in [2.05, 4.69) is 56.3 Å². The lowest BCUT2D eigenvalue weighted by Gasteiger charge is -2.37. The molecule has 0 saturated carbocycles. The monoisotopic (exact) mass is 269 g/mol. The normalized spacial score (nSPS) is 20.9. The highest BCUT2D eigenvalue weighted by Gasteiger charge is 2.33. The second-order valence-corrected chi connectivity index (χ2v) is 7.28. The predicted molar refractivity (Wildman–Crippen MR) is 84.2 cm³/mol. The summed E-state index contributed by atoms with van der Waals surface area (Å²) < 4.78 is 0.113. The van der Waals surface area contributed by atoms with Gasteiger partial charge in [0, 0.05) is 16.5 Å². The molecule has 2 aromatic rings. The molecule has 0 fully saturated rings. The van der Waals surface area contributed by atoms with Crippen molar-refractivity contribution in [3.05, 3.63) is 59.7 Å². The van der Waals surface area contributed by atoms with Crippen molar-refractivity contribution in [2.75, 3.05) is 0 Å². The van der Waals surface area contributed by atoms with Crippen LogP contribution in [0.25, 0.3) is 11.1 Å². The fraction of sp³-hybridized carbons (Fsp3) is 0.294. The van der Waals surface area contributed by atoms with Gasteiger partial charge in [0.05, 0.1) is 0 Å². The number of nitrogens with two attached hydrogens (primary N) is 1. The van der Waals surface area contributed by atoms with E-state index in [4.69, 9.17) is 5.73 Å². The molecule has 0 saturated heterocycles. The van der Waals surface area contributed by atoms with Crippen LogP contribution in [0.4, 0.5) is 0 Å². The first-order chi connectivity index (χ1) is 9.08. The Hall–Kier alpha value is -1.25. The third-order valence-corrected chi connectivity index (χ3v) is 5.39. The minimum absolute atomic E-state index is 0.102. The first-order valence-electron chi connectivity index (χ1n) is 6.66. The van der Waals surface area contributed by atoms with Crippen LogP contribution >= 0.6 is 11.8 Å². The van der Waals surface area contributed by atoms with Gasteiger partial charge >= 0.3 is 0 Å². The Labute approximate surface area is 119 Å². The highest BCUT2D eigenvalue weighted by atomic mass is 32.2. The number of fused-ring (bicyclic) bond motifs is 1. The van der Waals surface area contributed by atoms with Crippen LogP contribution in [0.5, 0.6) is 0 Å². The molecule has 0 radical (unpaired) electrons. The summed E-state index contributed by atoms with van der Waals surface area (Å²) in [7, 11) is 0. The SMILES string of the molecule is CC1(C)SCc2ccc(-c3ccccc3)cc2C1N. The van der Waals surface area contributed by atoms with Crippen LogP contribution in [-0.4, -0.2) is 4.75 Å². The summed E-state index contributed by atoms with van der Waals surface area (Å²) in [5.74, 6) is 1.06. The number of hydrogen-bond donors (Lipinski definition) is 1. The van der Waals surface area contributed by atoms with Crippen molar-refractivity contribution in [1.29, 1.82) is 0 Å².